The molecule has 0 fully saturated rings. The van der Waals surface area contributed by atoms with Crippen LogP contribution >= 0.6 is 23.5 Å². The third kappa shape index (κ3) is 12.2. The van der Waals surface area contributed by atoms with E-state index in [2.05, 4.69) is 36.0 Å². The summed E-state index contributed by atoms with van der Waals surface area (Å²) >= 11 is 3.54. The summed E-state index contributed by atoms with van der Waals surface area (Å²) in [7, 11) is 5.49. The first-order valence-corrected chi connectivity index (χ1v) is 17.1. The van der Waals surface area contributed by atoms with Gasteiger partial charge in [-0.25, -0.2) is 14.6 Å². The van der Waals surface area contributed by atoms with Crippen LogP contribution in [0.5, 0.6) is 0 Å². The van der Waals surface area contributed by atoms with Crippen LogP contribution < -0.4 is 9.80 Å². The number of carboxylic acids is 1. The van der Waals surface area contributed by atoms with Crippen molar-refractivity contribution in [3.63, 3.8) is 0 Å². The van der Waals surface area contributed by atoms with Crippen molar-refractivity contribution in [2.75, 3.05) is 68.8 Å². The van der Waals surface area contributed by atoms with Crippen molar-refractivity contribution in [2.45, 2.75) is 48.7 Å². The number of nitrogens with zero attached hydrogens (tertiary/aromatic N) is 3. The number of benzene rings is 2. The standard InChI is InChI=1S/C34H45N3O6S2/c1-6-42-29(33(38)39)23-25-11-15-27(16-12-25)44-21-19-36(3)31-9-8-10-32(35-31)37(4)20-22-45-28-17-13-26(14-18-28)24-30(43-7-2)34(40)41-5/h8-18,29-30H,6-7,19-24H2,1-5H3,(H,38,39). The third-order valence-corrected chi connectivity index (χ3v) is 9.04. The minimum Gasteiger partial charge on any atom is -0.479 e. The molecule has 0 aliphatic rings. The number of aromatic nitrogens is 1. The molecule has 1 N–H and O–H groups in total. The van der Waals surface area contributed by atoms with Crippen molar-refractivity contribution in [3.8, 4) is 0 Å². The van der Waals surface area contributed by atoms with E-state index in [1.54, 1.807) is 30.4 Å². The third-order valence-electron chi connectivity index (χ3n) is 7.06. The highest BCUT2D eigenvalue weighted by atomic mass is 32.2. The highest BCUT2D eigenvalue weighted by Crippen LogP contribution is 2.23. The molecule has 0 bridgehead atoms. The van der Waals surface area contributed by atoms with Crippen LogP contribution in [0.2, 0.25) is 0 Å². The van der Waals surface area contributed by atoms with Gasteiger partial charge in [0.1, 0.15) is 11.6 Å². The normalized spacial score (nSPS) is 12.4. The Balaban J connectivity index is 1.43. The Morgan fingerprint density at radius 2 is 1.20 bits per heavy atom. The quantitative estimate of drug-likeness (QED) is 0.120. The number of carbonyl (C=O) groups excluding carboxylic acids is 1. The molecule has 0 aliphatic carbocycles. The maximum absolute atomic E-state index is 11.9. The van der Waals surface area contributed by atoms with Gasteiger partial charge < -0.3 is 29.1 Å². The molecule has 2 aromatic carbocycles. The lowest BCUT2D eigenvalue weighted by molar-refractivity contribution is -0.153. The smallest absolute Gasteiger partial charge is 0.335 e. The zero-order chi connectivity index (χ0) is 32.6. The Kier molecular flexibility index (Phi) is 15.5. The molecule has 0 saturated carbocycles. The van der Waals surface area contributed by atoms with Gasteiger partial charge in [-0.1, -0.05) is 30.3 Å². The van der Waals surface area contributed by atoms with E-state index in [-0.39, 0.29) is 5.97 Å². The number of anilines is 2. The van der Waals surface area contributed by atoms with Gasteiger partial charge in [-0.3, -0.25) is 0 Å². The molecule has 9 nitrogen and oxygen atoms in total. The first-order valence-electron chi connectivity index (χ1n) is 15.1. The van der Waals surface area contributed by atoms with Gasteiger partial charge in [0, 0.05) is 74.5 Å². The summed E-state index contributed by atoms with van der Waals surface area (Å²) in [6.07, 6.45) is -0.558. The number of esters is 1. The molecule has 0 aliphatic heterocycles. The number of rotatable bonds is 20. The average Bonchev–Trinajstić information content (AvgIpc) is 3.05. The average molecular weight is 656 g/mol. The lowest BCUT2D eigenvalue weighted by Gasteiger charge is -2.22. The van der Waals surface area contributed by atoms with Crippen LogP contribution in [-0.4, -0.2) is 93.3 Å². The molecule has 11 heteroatoms. The molecule has 0 saturated heterocycles. The number of pyridine rings is 1. The van der Waals surface area contributed by atoms with E-state index in [0.717, 1.165) is 52.3 Å². The molecule has 45 heavy (non-hydrogen) atoms. The first-order chi connectivity index (χ1) is 21.7. The van der Waals surface area contributed by atoms with Crippen molar-refractivity contribution >= 4 is 47.1 Å². The van der Waals surface area contributed by atoms with Crippen LogP contribution in [0, 0.1) is 0 Å². The largest absolute Gasteiger partial charge is 0.479 e. The van der Waals surface area contributed by atoms with E-state index in [0.29, 0.717) is 26.1 Å². The first kappa shape index (κ1) is 36.2. The Hall–Kier alpha value is -3.25. The number of thioether (sulfide) groups is 2. The molecule has 0 amide bonds. The highest BCUT2D eigenvalue weighted by Gasteiger charge is 2.20. The van der Waals surface area contributed by atoms with Crippen molar-refractivity contribution in [1.82, 2.24) is 4.98 Å². The summed E-state index contributed by atoms with van der Waals surface area (Å²) in [6, 6.07) is 22.4. The highest BCUT2D eigenvalue weighted by molar-refractivity contribution is 7.99. The fourth-order valence-electron chi connectivity index (χ4n) is 4.50. The van der Waals surface area contributed by atoms with E-state index in [9.17, 15) is 14.7 Å². The van der Waals surface area contributed by atoms with Crippen LogP contribution in [0.15, 0.2) is 76.5 Å². The molecule has 2 unspecified atom stereocenters. The number of hydrogen-bond acceptors (Lipinski definition) is 10. The van der Waals surface area contributed by atoms with Gasteiger partial charge in [0.05, 0.1) is 7.11 Å². The van der Waals surface area contributed by atoms with Gasteiger partial charge in [-0.05, 0) is 61.4 Å². The number of aliphatic carboxylic acids is 1. The zero-order valence-corrected chi connectivity index (χ0v) is 28.4. The van der Waals surface area contributed by atoms with Crippen LogP contribution in [-0.2, 0) is 36.6 Å². The van der Waals surface area contributed by atoms with Crippen LogP contribution in [0.3, 0.4) is 0 Å². The maximum atomic E-state index is 11.9. The van der Waals surface area contributed by atoms with Gasteiger partial charge in [0.25, 0.3) is 0 Å². The van der Waals surface area contributed by atoms with E-state index >= 15 is 0 Å². The Labute approximate surface area is 275 Å². The van der Waals surface area contributed by atoms with Crippen LogP contribution in [0.4, 0.5) is 11.6 Å². The summed E-state index contributed by atoms with van der Waals surface area (Å²) in [6.45, 7) is 6.17. The van der Waals surface area contributed by atoms with E-state index in [4.69, 9.17) is 19.2 Å². The van der Waals surface area contributed by atoms with Gasteiger partial charge in [0.2, 0.25) is 0 Å². The van der Waals surface area contributed by atoms with Crippen molar-refractivity contribution in [2.24, 2.45) is 0 Å². The predicted octanol–water partition coefficient (Wildman–Crippen LogP) is 5.69. The van der Waals surface area contributed by atoms with Gasteiger partial charge in [-0.2, -0.15) is 0 Å². The SMILES string of the molecule is CCOC(Cc1ccc(SCCN(C)c2cccc(N(C)CCSc3ccc(CC(OCC)C(=O)OC)cc3)n2)cc1)C(=O)O. The molecule has 0 radical (unpaired) electrons. The lowest BCUT2D eigenvalue weighted by Crippen LogP contribution is -2.28. The van der Waals surface area contributed by atoms with Crippen molar-refractivity contribution in [3.05, 3.63) is 77.9 Å². The lowest BCUT2D eigenvalue weighted by atomic mass is 10.1. The second kappa shape index (κ2) is 19.3. The Bertz CT molecular complexity index is 1330. The van der Waals surface area contributed by atoms with E-state index in [1.165, 1.54) is 12.0 Å². The molecular weight excluding hydrogens is 611 g/mol. The minimum atomic E-state index is -0.936. The monoisotopic (exact) mass is 655 g/mol. The second-order valence-corrected chi connectivity index (χ2v) is 12.7. The minimum absolute atomic E-state index is 0.351. The fraction of sp³-hybridized carbons (Fsp3) is 0.441. The number of hydrogen-bond donors (Lipinski definition) is 1. The predicted molar refractivity (Wildman–Crippen MR) is 183 cm³/mol. The molecule has 1 heterocycles. The summed E-state index contributed by atoms with van der Waals surface area (Å²) in [4.78, 5) is 34.8. The maximum Gasteiger partial charge on any atom is 0.335 e. The van der Waals surface area contributed by atoms with E-state index < -0.39 is 18.2 Å². The molecule has 0 spiro atoms. The number of carboxylic acid groups (broad SMARTS) is 1. The summed E-state index contributed by atoms with van der Waals surface area (Å²) in [5, 5.41) is 9.31. The molecule has 244 valence electrons. The molecule has 3 aromatic rings. The second-order valence-electron chi connectivity index (χ2n) is 10.3. The zero-order valence-electron chi connectivity index (χ0n) is 26.8. The Morgan fingerprint density at radius 1 is 0.756 bits per heavy atom. The van der Waals surface area contributed by atoms with Crippen molar-refractivity contribution < 1.29 is 28.9 Å². The number of carbonyl (C=O) groups is 2. The topological polar surface area (TPSA) is 101 Å². The summed E-state index contributed by atoms with van der Waals surface area (Å²) in [5.41, 5.74) is 1.98. The van der Waals surface area contributed by atoms with E-state index in [1.807, 2.05) is 61.5 Å². The fourth-order valence-corrected chi connectivity index (χ4v) is 6.36. The van der Waals surface area contributed by atoms with Gasteiger partial charge in [0.15, 0.2) is 12.2 Å². The van der Waals surface area contributed by atoms with Gasteiger partial charge in [-0.15, -0.1) is 23.5 Å². The van der Waals surface area contributed by atoms with Gasteiger partial charge >= 0.3 is 11.9 Å². The number of ether oxygens (including phenoxy) is 3. The Morgan fingerprint density at radius 3 is 1.62 bits per heavy atom. The molecule has 3 rings (SSSR count). The number of methoxy groups -OCH3 is 1. The summed E-state index contributed by atoms with van der Waals surface area (Å²) < 4.78 is 15.7. The molecule has 2 atom stereocenters. The van der Waals surface area contributed by atoms with Crippen LogP contribution in [0.25, 0.3) is 0 Å². The van der Waals surface area contributed by atoms with Crippen molar-refractivity contribution in [1.29, 1.82) is 0 Å². The van der Waals surface area contributed by atoms with Crippen LogP contribution in [0.1, 0.15) is 25.0 Å². The molecular formula is C34H45N3O6S2. The molecule has 1 aromatic heterocycles. The summed E-state index contributed by atoms with van der Waals surface area (Å²) in [5.74, 6) is 2.35.